The normalized spacial score (nSPS) is 15.9. The van der Waals surface area contributed by atoms with Gasteiger partial charge >= 0.3 is 0 Å². The second kappa shape index (κ2) is 9.59. The van der Waals surface area contributed by atoms with Gasteiger partial charge in [0.1, 0.15) is 5.82 Å². The number of pyridine rings is 1. The summed E-state index contributed by atoms with van der Waals surface area (Å²) in [5.74, 6) is -0.564. The van der Waals surface area contributed by atoms with E-state index in [-0.39, 0.29) is 10.6 Å². The predicted octanol–water partition coefficient (Wildman–Crippen LogP) is 5.85. The largest absolute Gasteiger partial charge is 0.393 e. The number of hydrogen-bond acceptors (Lipinski definition) is 5. The van der Waals surface area contributed by atoms with Gasteiger partial charge < -0.3 is 5.11 Å². The lowest BCUT2D eigenvalue weighted by Gasteiger charge is -2.20. The molecular formula is C26H24ClFN2O3S2. The molecule has 4 aromatic rings. The highest BCUT2D eigenvalue weighted by Crippen LogP contribution is 2.41. The van der Waals surface area contributed by atoms with Crippen molar-refractivity contribution in [1.82, 2.24) is 9.71 Å². The van der Waals surface area contributed by atoms with Gasteiger partial charge in [-0.1, -0.05) is 35.9 Å². The minimum Gasteiger partial charge on any atom is -0.393 e. The Hall–Kier alpha value is -2.36. The minimum absolute atomic E-state index is 0.114. The number of halogens is 2. The zero-order valence-corrected chi connectivity index (χ0v) is 21.3. The molecule has 9 heteroatoms. The van der Waals surface area contributed by atoms with E-state index in [9.17, 15) is 17.9 Å². The van der Waals surface area contributed by atoms with Crippen LogP contribution in [0.5, 0.6) is 0 Å². The average molecular weight is 531 g/mol. The van der Waals surface area contributed by atoms with Crippen LogP contribution in [0.1, 0.15) is 41.8 Å². The first-order chi connectivity index (χ1) is 16.7. The maximum Gasteiger partial charge on any atom is 0.215 e. The van der Waals surface area contributed by atoms with Gasteiger partial charge in [-0.15, -0.1) is 11.3 Å². The Morgan fingerprint density at radius 3 is 2.69 bits per heavy atom. The fraction of sp³-hybridized carbons (Fsp3) is 0.269. The van der Waals surface area contributed by atoms with Crippen molar-refractivity contribution in [3.8, 4) is 11.3 Å². The Morgan fingerprint density at radius 1 is 1.20 bits per heavy atom. The number of aromatic nitrogens is 1. The van der Waals surface area contributed by atoms with Crippen molar-refractivity contribution in [1.29, 1.82) is 0 Å². The molecule has 2 N–H and O–H groups in total. The molecule has 0 spiro atoms. The molecule has 2 aromatic carbocycles. The third kappa shape index (κ3) is 5.13. The zero-order valence-electron chi connectivity index (χ0n) is 18.9. The van der Waals surface area contributed by atoms with Gasteiger partial charge in [0.05, 0.1) is 23.1 Å². The van der Waals surface area contributed by atoms with Crippen LogP contribution < -0.4 is 4.72 Å². The second-order valence-corrected chi connectivity index (χ2v) is 12.4. The summed E-state index contributed by atoms with van der Waals surface area (Å²) in [6, 6.07) is 14.9. The second-order valence-electron chi connectivity index (χ2n) is 8.91. The number of nitrogens with zero attached hydrogens (tertiary/aromatic N) is 1. The summed E-state index contributed by atoms with van der Waals surface area (Å²) in [5, 5.41) is 10.4. The Labute approximate surface area is 212 Å². The van der Waals surface area contributed by atoms with Crippen molar-refractivity contribution in [3.63, 3.8) is 0 Å². The Balaban J connectivity index is 1.63. The van der Waals surface area contributed by atoms with Crippen molar-refractivity contribution in [3.05, 3.63) is 87.6 Å². The van der Waals surface area contributed by atoms with Gasteiger partial charge in [-0.2, -0.15) is 0 Å². The first kappa shape index (κ1) is 24.3. The number of rotatable bonds is 8. The van der Waals surface area contributed by atoms with Crippen molar-refractivity contribution in [2.24, 2.45) is 0 Å². The van der Waals surface area contributed by atoms with Crippen LogP contribution in [0.4, 0.5) is 4.39 Å². The summed E-state index contributed by atoms with van der Waals surface area (Å²) in [5.41, 5.74) is 2.71. The lowest BCUT2D eigenvalue weighted by molar-refractivity contribution is 0.195. The lowest BCUT2D eigenvalue weighted by atomic mass is 10.0. The minimum atomic E-state index is -3.64. The topological polar surface area (TPSA) is 79.3 Å². The number of fused-ring (bicyclic) bond motifs is 1. The molecule has 0 amide bonds. The smallest absolute Gasteiger partial charge is 0.215 e. The number of hydrogen-bond donors (Lipinski definition) is 2. The highest BCUT2D eigenvalue weighted by Gasteiger charge is 2.39. The molecule has 0 saturated heterocycles. The molecule has 35 heavy (non-hydrogen) atoms. The Kier molecular flexibility index (Phi) is 6.67. The zero-order chi connectivity index (χ0) is 24.7. The van der Waals surface area contributed by atoms with Gasteiger partial charge in [0.2, 0.25) is 10.0 Å². The van der Waals surface area contributed by atoms with Crippen LogP contribution in [-0.2, 0) is 16.4 Å². The van der Waals surface area contributed by atoms with Gasteiger partial charge in [0.25, 0.3) is 0 Å². The molecule has 5 nitrogen and oxygen atoms in total. The Bertz CT molecular complexity index is 1480. The van der Waals surface area contributed by atoms with E-state index >= 15 is 0 Å². The van der Waals surface area contributed by atoms with Crippen LogP contribution in [0, 0.1) is 5.82 Å². The number of thiophene rings is 1. The monoisotopic (exact) mass is 530 g/mol. The molecule has 0 bridgehead atoms. The molecule has 182 valence electrons. The fourth-order valence-electron chi connectivity index (χ4n) is 4.20. The first-order valence-corrected chi connectivity index (χ1v) is 14.1. The summed E-state index contributed by atoms with van der Waals surface area (Å²) in [7, 11) is -3.64. The van der Waals surface area contributed by atoms with E-state index < -0.39 is 33.2 Å². The van der Waals surface area contributed by atoms with E-state index in [1.54, 1.807) is 19.2 Å². The molecule has 1 fully saturated rings. The average Bonchev–Trinajstić information content (AvgIpc) is 3.57. The van der Waals surface area contributed by atoms with Gasteiger partial charge in [0, 0.05) is 31.9 Å². The van der Waals surface area contributed by atoms with Crippen LogP contribution in [0.25, 0.3) is 21.3 Å². The first-order valence-electron chi connectivity index (χ1n) is 11.3. The standard InChI is InChI=1S/C26H24ClFN2O3S2/c1-15(31)12-16-10-11-29-22(13-16)19-5-2-4-17-14-23(34-26(17)19)25(30-35(32,33)18-8-9-18)24-20(27)6-3-7-21(24)28/h2-7,10-11,13-15,18,25,30-31H,8-9,12H2,1H3. The summed E-state index contributed by atoms with van der Waals surface area (Å²) in [4.78, 5) is 5.17. The van der Waals surface area contributed by atoms with E-state index in [1.165, 1.54) is 23.5 Å². The molecule has 0 radical (unpaired) electrons. The van der Waals surface area contributed by atoms with Crippen LogP contribution >= 0.6 is 22.9 Å². The third-order valence-corrected chi connectivity index (χ3v) is 9.50. The highest BCUT2D eigenvalue weighted by atomic mass is 35.5. The van der Waals surface area contributed by atoms with Gasteiger partial charge in [0.15, 0.2) is 0 Å². The molecule has 2 heterocycles. The molecule has 1 aliphatic rings. The fourth-order valence-corrected chi connectivity index (χ4v) is 7.31. The van der Waals surface area contributed by atoms with Crippen LogP contribution in [-0.4, -0.2) is 29.9 Å². The van der Waals surface area contributed by atoms with Crippen molar-refractivity contribution >= 4 is 43.0 Å². The molecule has 2 atom stereocenters. The predicted molar refractivity (Wildman–Crippen MR) is 139 cm³/mol. The number of nitrogens with one attached hydrogen (secondary N) is 1. The SMILES string of the molecule is CC(O)Cc1ccnc(-c2cccc3cc(C(NS(=O)(=O)C4CC4)c4c(F)cccc4Cl)sc23)c1. The molecule has 0 aliphatic heterocycles. The quantitative estimate of drug-likeness (QED) is 0.299. The van der Waals surface area contributed by atoms with Crippen molar-refractivity contribution in [2.75, 3.05) is 0 Å². The van der Waals surface area contributed by atoms with Gasteiger partial charge in [-0.05, 0) is 67.5 Å². The number of aliphatic hydroxyl groups excluding tert-OH is 1. The van der Waals surface area contributed by atoms with Crippen molar-refractivity contribution in [2.45, 2.75) is 43.6 Å². The summed E-state index contributed by atoms with van der Waals surface area (Å²) in [6.45, 7) is 1.74. The molecule has 1 saturated carbocycles. The molecule has 1 aliphatic carbocycles. The lowest BCUT2D eigenvalue weighted by Crippen LogP contribution is -2.32. The van der Waals surface area contributed by atoms with Gasteiger partial charge in [-0.25, -0.2) is 17.5 Å². The molecule has 5 rings (SSSR count). The summed E-state index contributed by atoms with van der Waals surface area (Å²) >= 11 is 7.77. The van der Waals surface area contributed by atoms with Gasteiger partial charge in [-0.3, -0.25) is 4.98 Å². The maximum absolute atomic E-state index is 15.0. The van der Waals surface area contributed by atoms with Crippen LogP contribution in [0.2, 0.25) is 5.02 Å². The van der Waals surface area contributed by atoms with E-state index in [1.807, 2.05) is 36.4 Å². The van der Waals surface area contributed by atoms with Crippen molar-refractivity contribution < 1.29 is 17.9 Å². The van der Waals surface area contributed by atoms with E-state index in [2.05, 4.69) is 9.71 Å². The number of sulfonamides is 1. The Morgan fingerprint density at radius 2 is 1.97 bits per heavy atom. The molecule has 2 unspecified atom stereocenters. The number of aliphatic hydroxyl groups is 1. The maximum atomic E-state index is 15.0. The molecular weight excluding hydrogens is 507 g/mol. The van der Waals surface area contributed by atoms with E-state index in [0.717, 1.165) is 26.9 Å². The van der Waals surface area contributed by atoms with Crippen LogP contribution in [0.3, 0.4) is 0 Å². The summed E-state index contributed by atoms with van der Waals surface area (Å²) in [6.07, 6.45) is 2.94. The number of benzene rings is 2. The van der Waals surface area contributed by atoms with E-state index in [4.69, 9.17) is 11.6 Å². The van der Waals surface area contributed by atoms with Crippen LogP contribution in [0.15, 0.2) is 60.8 Å². The highest BCUT2D eigenvalue weighted by molar-refractivity contribution is 7.90. The van der Waals surface area contributed by atoms with E-state index in [0.29, 0.717) is 24.1 Å². The summed E-state index contributed by atoms with van der Waals surface area (Å²) < 4.78 is 44.4. The third-order valence-electron chi connectivity index (χ3n) is 6.01. The molecule has 2 aromatic heterocycles.